The van der Waals surface area contributed by atoms with Crippen molar-refractivity contribution in [1.82, 2.24) is 4.90 Å². The molecule has 24 heavy (non-hydrogen) atoms. The highest BCUT2D eigenvalue weighted by molar-refractivity contribution is 9.09. The van der Waals surface area contributed by atoms with Crippen LogP contribution in [0.1, 0.15) is 10.4 Å². The Balaban J connectivity index is 2.16. The van der Waals surface area contributed by atoms with Crippen LogP contribution in [0.5, 0.6) is 0 Å². The van der Waals surface area contributed by atoms with E-state index in [4.69, 9.17) is 11.6 Å². The number of Topliss-reactive ketones (excluding diaryl/α,β-unsaturated/α-hetero) is 1. The number of halogens is 3. The van der Waals surface area contributed by atoms with Crippen molar-refractivity contribution in [1.29, 1.82) is 0 Å². The Morgan fingerprint density at radius 3 is 2.50 bits per heavy atom. The second-order valence-corrected chi connectivity index (χ2v) is 6.13. The number of carbonyl (C=O) groups is 3. The van der Waals surface area contributed by atoms with Gasteiger partial charge in [-0.1, -0.05) is 57.9 Å². The molecular weight excluding hydrogens is 401 g/mol. The molecule has 1 aromatic rings. The summed E-state index contributed by atoms with van der Waals surface area (Å²) >= 11 is 9.30. The van der Waals surface area contributed by atoms with E-state index >= 15 is 0 Å². The van der Waals surface area contributed by atoms with Crippen molar-refractivity contribution >= 4 is 45.0 Å². The maximum absolute atomic E-state index is 13.6. The van der Waals surface area contributed by atoms with Crippen molar-refractivity contribution < 1.29 is 18.8 Å². The minimum absolute atomic E-state index is 0.0836. The van der Waals surface area contributed by atoms with Crippen LogP contribution in [0.15, 0.2) is 64.6 Å². The third kappa shape index (κ3) is 2.65. The number of hydrogen-bond donors (Lipinski definition) is 0. The molecule has 1 atom stereocenters. The zero-order valence-corrected chi connectivity index (χ0v) is 14.5. The number of rotatable bonds is 3. The molecule has 1 amide bonds. The highest BCUT2D eigenvalue weighted by Gasteiger charge is 2.46. The number of alkyl halides is 1. The van der Waals surface area contributed by atoms with Crippen molar-refractivity contribution in [2.45, 2.75) is 6.04 Å². The summed E-state index contributed by atoms with van der Waals surface area (Å²) in [7, 11) is 0. The molecule has 1 heterocycles. The molecule has 0 saturated heterocycles. The fourth-order valence-electron chi connectivity index (χ4n) is 2.73. The number of allylic oxidation sites excluding steroid dienone is 3. The molecule has 0 fully saturated rings. The monoisotopic (exact) mass is 409 g/mol. The van der Waals surface area contributed by atoms with Gasteiger partial charge in [0.2, 0.25) is 11.7 Å². The molecule has 0 saturated carbocycles. The van der Waals surface area contributed by atoms with E-state index in [1.807, 2.05) is 0 Å². The van der Waals surface area contributed by atoms with Gasteiger partial charge in [0, 0.05) is 17.2 Å². The summed E-state index contributed by atoms with van der Waals surface area (Å²) in [5.41, 5.74) is 0.327. The van der Waals surface area contributed by atoms with E-state index in [2.05, 4.69) is 15.9 Å². The average Bonchev–Trinajstić information content (AvgIpc) is 2.87. The molecule has 0 N–H and O–H groups in total. The van der Waals surface area contributed by atoms with E-state index in [0.29, 0.717) is 5.56 Å². The fourth-order valence-corrected chi connectivity index (χ4v) is 3.33. The van der Waals surface area contributed by atoms with E-state index in [1.54, 1.807) is 30.3 Å². The zero-order valence-electron chi connectivity index (χ0n) is 12.1. The SMILES string of the molecule is O=C(C1=C(Cl)C2=CC(F)=CC(=O)C2N1C(=O)CBr)c1ccccc1. The Kier molecular flexibility index (Phi) is 4.51. The Bertz CT molecular complexity index is 845. The highest BCUT2D eigenvalue weighted by atomic mass is 79.9. The van der Waals surface area contributed by atoms with E-state index in [0.717, 1.165) is 17.1 Å². The molecule has 0 spiro atoms. The van der Waals surface area contributed by atoms with Gasteiger partial charge in [0.05, 0.1) is 10.4 Å². The highest BCUT2D eigenvalue weighted by Crippen LogP contribution is 2.41. The van der Waals surface area contributed by atoms with Gasteiger partial charge in [-0.3, -0.25) is 19.3 Å². The summed E-state index contributed by atoms with van der Waals surface area (Å²) in [6.45, 7) is 0. The molecule has 3 rings (SSSR count). The molecule has 1 aliphatic heterocycles. The molecule has 2 aliphatic rings. The predicted octanol–water partition coefficient (Wildman–Crippen LogP) is 3.29. The first-order valence-electron chi connectivity index (χ1n) is 6.96. The topological polar surface area (TPSA) is 54.5 Å². The zero-order chi connectivity index (χ0) is 17.4. The second-order valence-electron chi connectivity index (χ2n) is 5.19. The number of fused-ring (bicyclic) bond motifs is 1. The predicted molar refractivity (Wildman–Crippen MR) is 90.4 cm³/mol. The van der Waals surface area contributed by atoms with Crippen molar-refractivity contribution in [2.75, 3.05) is 5.33 Å². The van der Waals surface area contributed by atoms with Gasteiger partial charge in [-0.25, -0.2) is 4.39 Å². The Morgan fingerprint density at radius 1 is 1.21 bits per heavy atom. The number of benzene rings is 1. The summed E-state index contributed by atoms with van der Waals surface area (Å²) in [4.78, 5) is 38.4. The molecule has 0 bridgehead atoms. The number of ketones is 2. The summed E-state index contributed by atoms with van der Waals surface area (Å²) in [6, 6.07) is 7.14. The number of carbonyl (C=O) groups excluding carboxylic acids is 3. The van der Waals surface area contributed by atoms with Crippen LogP contribution in [-0.4, -0.2) is 33.7 Å². The second kappa shape index (κ2) is 6.45. The van der Waals surface area contributed by atoms with Crippen molar-refractivity contribution in [2.24, 2.45) is 0 Å². The third-order valence-corrected chi connectivity index (χ3v) is 4.61. The van der Waals surface area contributed by atoms with Gasteiger partial charge in [0.1, 0.15) is 17.6 Å². The van der Waals surface area contributed by atoms with Crippen molar-refractivity contribution in [3.05, 3.63) is 70.2 Å². The molecule has 1 aromatic carbocycles. The number of amides is 1. The lowest BCUT2D eigenvalue weighted by Gasteiger charge is -2.26. The Morgan fingerprint density at radius 2 is 1.88 bits per heavy atom. The molecule has 0 aromatic heterocycles. The van der Waals surface area contributed by atoms with Crippen LogP contribution < -0.4 is 0 Å². The molecule has 0 radical (unpaired) electrons. The van der Waals surface area contributed by atoms with Gasteiger partial charge in [-0.15, -0.1) is 0 Å². The van der Waals surface area contributed by atoms with Gasteiger partial charge in [0.25, 0.3) is 0 Å². The molecular formula is C17H10BrClFNO3. The first-order chi connectivity index (χ1) is 11.5. The molecule has 122 valence electrons. The maximum Gasteiger partial charge on any atom is 0.238 e. The van der Waals surface area contributed by atoms with Crippen LogP contribution in [0.25, 0.3) is 0 Å². The normalized spacial score (nSPS) is 19.9. The van der Waals surface area contributed by atoms with Crippen LogP contribution in [0, 0.1) is 0 Å². The third-order valence-electron chi connectivity index (χ3n) is 3.73. The summed E-state index contributed by atoms with van der Waals surface area (Å²) in [6.07, 6.45) is 1.87. The van der Waals surface area contributed by atoms with Gasteiger partial charge >= 0.3 is 0 Å². The number of hydrogen-bond acceptors (Lipinski definition) is 3. The van der Waals surface area contributed by atoms with Crippen LogP contribution in [-0.2, 0) is 9.59 Å². The van der Waals surface area contributed by atoms with Gasteiger partial charge in [-0.05, 0) is 6.08 Å². The molecule has 4 nitrogen and oxygen atoms in total. The van der Waals surface area contributed by atoms with Crippen molar-refractivity contribution in [3.63, 3.8) is 0 Å². The van der Waals surface area contributed by atoms with Crippen LogP contribution in [0.2, 0.25) is 0 Å². The van der Waals surface area contributed by atoms with Gasteiger partial charge in [0.15, 0.2) is 5.78 Å². The van der Waals surface area contributed by atoms with Crippen molar-refractivity contribution in [3.8, 4) is 0 Å². The average molecular weight is 411 g/mol. The lowest BCUT2D eigenvalue weighted by Crippen LogP contribution is -2.44. The fraction of sp³-hybridized carbons (Fsp3) is 0.118. The van der Waals surface area contributed by atoms with E-state index in [-0.39, 0.29) is 21.6 Å². The van der Waals surface area contributed by atoms with Crippen LogP contribution in [0.3, 0.4) is 0 Å². The molecule has 1 unspecified atom stereocenters. The van der Waals surface area contributed by atoms with E-state index in [9.17, 15) is 18.8 Å². The quantitative estimate of drug-likeness (QED) is 0.568. The first-order valence-corrected chi connectivity index (χ1v) is 8.46. The standard InChI is InChI=1S/C17H10BrClFNO3/c18-8-13(23)21-15-11(6-10(20)7-12(15)22)14(19)16(21)17(24)9-4-2-1-3-5-9/h1-7,15H,8H2. The minimum Gasteiger partial charge on any atom is -0.292 e. The Labute approximate surface area is 150 Å². The summed E-state index contributed by atoms with van der Waals surface area (Å²) in [5, 5.41) is -0.189. The summed E-state index contributed by atoms with van der Waals surface area (Å²) in [5.74, 6) is -2.40. The first kappa shape index (κ1) is 16.8. The molecule has 7 heteroatoms. The van der Waals surface area contributed by atoms with E-state index < -0.39 is 29.3 Å². The Hall–Kier alpha value is -2.05. The lowest BCUT2D eigenvalue weighted by atomic mass is 9.98. The smallest absolute Gasteiger partial charge is 0.238 e. The lowest BCUT2D eigenvalue weighted by molar-refractivity contribution is -0.131. The summed E-state index contributed by atoms with van der Waals surface area (Å²) < 4.78 is 13.6. The minimum atomic E-state index is -1.11. The molecule has 1 aliphatic carbocycles. The van der Waals surface area contributed by atoms with Crippen LogP contribution >= 0.6 is 27.5 Å². The maximum atomic E-state index is 13.6. The van der Waals surface area contributed by atoms with Gasteiger partial charge < -0.3 is 0 Å². The van der Waals surface area contributed by atoms with Gasteiger partial charge in [-0.2, -0.15) is 0 Å². The number of nitrogens with zero attached hydrogens (tertiary/aromatic N) is 1. The van der Waals surface area contributed by atoms with Crippen LogP contribution in [0.4, 0.5) is 4.39 Å². The largest absolute Gasteiger partial charge is 0.292 e. The van der Waals surface area contributed by atoms with E-state index in [1.165, 1.54) is 0 Å².